The quantitative estimate of drug-likeness (QED) is 0.811. The second-order valence-electron chi connectivity index (χ2n) is 4.12. The number of carbonyl (C=O) groups is 1. The highest BCUT2D eigenvalue weighted by molar-refractivity contribution is 7.89. The molecule has 1 heterocycles. The van der Waals surface area contributed by atoms with Crippen molar-refractivity contribution in [3.05, 3.63) is 24.3 Å². The smallest absolute Gasteiger partial charge is 0.247 e. The molecule has 1 amide bonds. The summed E-state index contributed by atoms with van der Waals surface area (Å²) in [5.74, 6) is -0.552. The Hall–Kier alpha value is -1.60. The standard InChI is InChI=1S/C11H14N2O4S/c1-12-6-7-13(8-11(12)15)18(16,17)10-5-3-2-4-9(10)14/h2-5,14H,6-8H2,1H3. The molecule has 1 aromatic rings. The van der Waals surface area contributed by atoms with Gasteiger partial charge in [-0.1, -0.05) is 12.1 Å². The number of carbonyl (C=O) groups excluding carboxylic acids is 1. The SMILES string of the molecule is CN1CCN(S(=O)(=O)c2ccccc2O)CC1=O. The number of amides is 1. The number of piperazine rings is 1. The predicted octanol–water partition coefficient (Wildman–Crippen LogP) is -0.145. The molecular weight excluding hydrogens is 256 g/mol. The van der Waals surface area contributed by atoms with Crippen molar-refractivity contribution >= 4 is 15.9 Å². The largest absolute Gasteiger partial charge is 0.507 e. The van der Waals surface area contributed by atoms with Gasteiger partial charge in [0.05, 0.1) is 6.54 Å². The molecule has 1 fully saturated rings. The van der Waals surface area contributed by atoms with Gasteiger partial charge >= 0.3 is 0 Å². The van der Waals surface area contributed by atoms with E-state index in [0.29, 0.717) is 6.54 Å². The van der Waals surface area contributed by atoms with E-state index in [0.717, 1.165) is 4.31 Å². The lowest BCUT2D eigenvalue weighted by Gasteiger charge is -2.31. The Bertz CT molecular complexity index is 570. The van der Waals surface area contributed by atoms with Gasteiger partial charge in [-0.25, -0.2) is 8.42 Å². The van der Waals surface area contributed by atoms with Gasteiger partial charge in [-0.2, -0.15) is 4.31 Å². The lowest BCUT2D eigenvalue weighted by molar-refractivity contribution is -0.132. The van der Waals surface area contributed by atoms with Crippen molar-refractivity contribution in [1.82, 2.24) is 9.21 Å². The minimum atomic E-state index is -3.81. The first-order valence-corrected chi connectivity index (χ1v) is 6.89. The van der Waals surface area contributed by atoms with Crippen molar-refractivity contribution in [2.45, 2.75) is 4.90 Å². The molecule has 0 unspecified atom stereocenters. The van der Waals surface area contributed by atoms with Crippen LogP contribution in [0.25, 0.3) is 0 Å². The zero-order chi connectivity index (χ0) is 13.3. The van der Waals surface area contributed by atoms with Gasteiger partial charge in [0.2, 0.25) is 15.9 Å². The molecular formula is C11H14N2O4S. The maximum Gasteiger partial charge on any atom is 0.247 e. The third-order valence-electron chi connectivity index (χ3n) is 2.91. The van der Waals surface area contributed by atoms with Crippen LogP contribution in [0.1, 0.15) is 0 Å². The van der Waals surface area contributed by atoms with E-state index >= 15 is 0 Å². The second-order valence-corrected chi connectivity index (χ2v) is 6.03. The minimum Gasteiger partial charge on any atom is -0.507 e. The number of para-hydroxylation sites is 1. The van der Waals surface area contributed by atoms with Gasteiger partial charge in [-0.15, -0.1) is 0 Å². The van der Waals surface area contributed by atoms with Crippen molar-refractivity contribution in [2.75, 3.05) is 26.7 Å². The van der Waals surface area contributed by atoms with Crippen LogP contribution in [0, 0.1) is 0 Å². The molecule has 7 heteroatoms. The number of sulfonamides is 1. The molecule has 1 aliphatic heterocycles. The number of phenols is 1. The number of likely N-dealkylation sites (N-methyl/N-ethyl adjacent to an activating group) is 1. The molecule has 0 atom stereocenters. The molecule has 1 aromatic carbocycles. The average molecular weight is 270 g/mol. The Morgan fingerprint density at radius 1 is 1.22 bits per heavy atom. The number of aromatic hydroxyl groups is 1. The van der Waals surface area contributed by atoms with Crippen LogP contribution in [0.2, 0.25) is 0 Å². The first-order chi connectivity index (χ1) is 8.43. The molecule has 1 aliphatic rings. The van der Waals surface area contributed by atoms with Gasteiger partial charge in [0, 0.05) is 20.1 Å². The van der Waals surface area contributed by atoms with E-state index in [4.69, 9.17) is 0 Å². The van der Waals surface area contributed by atoms with Crippen LogP contribution in [0.4, 0.5) is 0 Å². The number of benzene rings is 1. The zero-order valence-electron chi connectivity index (χ0n) is 9.91. The van der Waals surface area contributed by atoms with E-state index in [-0.39, 0.29) is 29.6 Å². The zero-order valence-corrected chi connectivity index (χ0v) is 10.7. The first kappa shape index (κ1) is 12.8. The van der Waals surface area contributed by atoms with Crippen LogP contribution in [0.15, 0.2) is 29.2 Å². The highest BCUT2D eigenvalue weighted by Crippen LogP contribution is 2.25. The normalized spacial score (nSPS) is 18.1. The highest BCUT2D eigenvalue weighted by atomic mass is 32.2. The monoisotopic (exact) mass is 270 g/mol. The van der Waals surface area contributed by atoms with Crippen LogP contribution in [0.5, 0.6) is 5.75 Å². The summed E-state index contributed by atoms with van der Waals surface area (Å²) in [4.78, 5) is 12.8. The molecule has 0 bridgehead atoms. The summed E-state index contributed by atoms with van der Waals surface area (Å²) in [6.45, 7) is 0.401. The molecule has 0 saturated carbocycles. The Kier molecular flexibility index (Phi) is 3.27. The Balaban J connectivity index is 2.33. The van der Waals surface area contributed by atoms with Gasteiger partial charge < -0.3 is 10.0 Å². The first-order valence-electron chi connectivity index (χ1n) is 5.45. The second kappa shape index (κ2) is 4.58. The van der Waals surface area contributed by atoms with Crippen molar-refractivity contribution in [1.29, 1.82) is 0 Å². The fraction of sp³-hybridized carbons (Fsp3) is 0.364. The third-order valence-corrected chi connectivity index (χ3v) is 4.80. The van der Waals surface area contributed by atoms with Crippen molar-refractivity contribution in [3.63, 3.8) is 0 Å². The molecule has 0 aromatic heterocycles. The van der Waals surface area contributed by atoms with Crippen molar-refractivity contribution in [3.8, 4) is 5.75 Å². The molecule has 18 heavy (non-hydrogen) atoms. The number of hydrogen-bond acceptors (Lipinski definition) is 4. The molecule has 0 radical (unpaired) electrons. The van der Waals surface area contributed by atoms with Gasteiger partial charge in [-0.3, -0.25) is 4.79 Å². The molecule has 2 rings (SSSR count). The number of rotatable bonds is 2. The van der Waals surface area contributed by atoms with E-state index in [1.54, 1.807) is 13.1 Å². The summed E-state index contributed by atoms with van der Waals surface area (Å²) < 4.78 is 25.6. The summed E-state index contributed by atoms with van der Waals surface area (Å²) in [6, 6.07) is 5.71. The van der Waals surface area contributed by atoms with Crippen molar-refractivity contribution < 1.29 is 18.3 Å². The van der Waals surface area contributed by atoms with E-state index in [2.05, 4.69) is 0 Å². The molecule has 0 spiro atoms. The average Bonchev–Trinajstić information content (AvgIpc) is 2.33. The summed E-state index contributed by atoms with van der Waals surface area (Å²) in [5.41, 5.74) is 0. The van der Waals surface area contributed by atoms with Crippen LogP contribution < -0.4 is 0 Å². The van der Waals surface area contributed by atoms with E-state index in [1.807, 2.05) is 0 Å². The van der Waals surface area contributed by atoms with E-state index in [9.17, 15) is 18.3 Å². The summed E-state index contributed by atoms with van der Waals surface area (Å²) in [5, 5.41) is 9.59. The Morgan fingerprint density at radius 2 is 1.89 bits per heavy atom. The molecule has 0 aliphatic carbocycles. The lowest BCUT2D eigenvalue weighted by Crippen LogP contribution is -2.50. The minimum absolute atomic E-state index is 0.164. The van der Waals surface area contributed by atoms with E-state index < -0.39 is 10.0 Å². The highest BCUT2D eigenvalue weighted by Gasteiger charge is 2.32. The fourth-order valence-electron chi connectivity index (χ4n) is 1.76. The topological polar surface area (TPSA) is 77.9 Å². The van der Waals surface area contributed by atoms with Crippen LogP contribution >= 0.6 is 0 Å². The molecule has 1 N–H and O–H groups in total. The summed E-state index contributed by atoms with van der Waals surface area (Å²) >= 11 is 0. The van der Waals surface area contributed by atoms with Gasteiger partial charge in [0.1, 0.15) is 10.6 Å². The molecule has 1 saturated heterocycles. The van der Waals surface area contributed by atoms with Gasteiger partial charge in [0.15, 0.2) is 0 Å². The lowest BCUT2D eigenvalue weighted by atomic mass is 10.3. The third kappa shape index (κ3) is 2.19. The van der Waals surface area contributed by atoms with E-state index in [1.165, 1.54) is 23.1 Å². The number of nitrogens with zero attached hydrogens (tertiary/aromatic N) is 2. The maximum absolute atomic E-state index is 12.3. The molecule has 6 nitrogen and oxygen atoms in total. The van der Waals surface area contributed by atoms with Crippen LogP contribution in [-0.2, 0) is 14.8 Å². The molecule has 98 valence electrons. The van der Waals surface area contributed by atoms with Gasteiger partial charge in [0.25, 0.3) is 0 Å². The predicted molar refractivity (Wildman–Crippen MR) is 64.5 cm³/mol. The Morgan fingerprint density at radius 3 is 2.50 bits per heavy atom. The number of phenolic OH excluding ortho intramolecular Hbond substituents is 1. The van der Waals surface area contributed by atoms with Gasteiger partial charge in [-0.05, 0) is 12.1 Å². The maximum atomic E-state index is 12.3. The fourth-order valence-corrected chi connectivity index (χ4v) is 3.22. The summed E-state index contributed by atoms with van der Waals surface area (Å²) in [6.07, 6.45) is 0. The van der Waals surface area contributed by atoms with Crippen LogP contribution in [0.3, 0.4) is 0 Å². The summed E-state index contributed by atoms with van der Waals surface area (Å²) in [7, 11) is -2.18. The van der Waals surface area contributed by atoms with Crippen LogP contribution in [-0.4, -0.2) is 55.3 Å². The van der Waals surface area contributed by atoms with Crippen molar-refractivity contribution in [2.24, 2.45) is 0 Å². The number of hydrogen-bond donors (Lipinski definition) is 1. The Labute approximate surface area is 105 Å².